The van der Waals surface area contributed by atoms with E-state index in [2.05, 4.69) is 6.92 Å². The summed E-state index contributed by atoms with van der Waals surface area (Å²) < 4.78 is 5.88. The van der Waals surface area contributed by atoms with E-state index < -0.39 is 11.7 Å². The number of aromatic hydroxyl groups is 2. The zero-order chi connectivity index (χ0) is 20.2. The van der Waals surface area contributed by atoms with Crippen molar-refractivity contribution in [2.45, 2.75) is 91.4 Å². The first-order chi connectivity index (χ1) is 13.0. The third-order valence-corrected chi connectivity index (χ3v) is 4.82. The second kappa shape index (κ2) is 12.5. The van der Waals surface area contributed by atoms with Gasteiger partial charge in [-0.25, -0.2) is 4.79 Å². The second-order valence-corrected chi connectivity index (χ2v) is 7.13. The van der Waals surface area contributed by atoms with Gasteiger partial charge < -0.3 is 20.1 Å². The third-order valence-electron chi connectivity index (χ3n) is 4.82. The van der Waals surface area contributed by atoms with Crippen molar-refractivity contribution < 1.29 is 24.9 Å². The summed E-state index contributed by atoms with van der Waals surface area (Å²) in [7, 11) is 0. The SMILES string of the molecule is CCCCCCCCCOc1c(CCC)c(CCC)c(O)c(O)c1C(=O)O. The number of ether oxygens (including phenoxy) is 1. The minimum absolute atomic E-state index is 0.231. The Bertz CT molecular complexity index is 595. The average molecular weight is 381 g/mol. The van der Waals surface area contributed by atoms with Crippen LogP contribution in [0, 0.1) is 0 Å². The monoisotopic (exact) mass is 380 g/mol. The molecule has 27 heavy (non-hydrogen) atoms. The molecule has 0 aromatic heterocycles. The number of aromatic carboxylic acids is 1. The molecule has 3 N–H and O–H groups in total. The third kappa shape index (κ3) is 6.64. The predicted octanol–water partition coefficient (Wildman–Crippen LogP) is 5.83. The summed E-state index contributed by atoms with van der Waals surface area (Å²) >= 11 is 0. The number of carboxylic acids is 1. The molecule has 0 radical (unpaired) electrons. The van der Waals surface area contributed by atoms with Gasteiger partial charge in [0, 0.05) is 11.1 Å². The molecule has 0 aliphatic carbocycles. The van der Waals surface area contributed by atoms with E-state index in [0.29, 0.717) is 25.0 Å². The molecule has 0 saturated heterocycles. The maximum Gasteiger partial charge on any atom is 0.343 e. The first-order valence-electron chi connectivity index (χ1n) is 10.4. The first-order valence-corrected chi connectivity index (χ1v) is 10.4. The van der Waals surface area contributed by atoms with Gasteiger partial charge in [-0.05, 0) is 19.3 Å². The van der Waals surface area contributed by atoms with Gasteiger partial charge in [0.2, 0.25) is 0 Å². The molecule has 0 atom stereocenters. The number of rotatable bonds is 14. The van der Waals surface area contributed by atoms with E-state index in [1.54, 1.807) is 0 Å². The lowest BCUT2D eigenvalue weighted by molar-refractivity contribution is 0.0687. The Hall–Kier alpha value is -1.91. The molecule has 5 nitrogen and oxygen atoms in total. The molecule has 154 valence electrons. The lowest BCUT2D eigenvalue weighted by Crippen LogP contribution is -2.10. The van der Waals surface area contributed by atoms with Gasteiger partial charge in [0.15, 0.2) is 11.5 Å². The predicted molar refractivity (Wildman–Crippen MR) is 108 cm³/mol. The second-order valence-electron chi connectivity index (χ2n) is 7.13. The normalized spacial score (nSPS) is 10.9. The molecule has 0 heterocycles. The highest BCUT2D eigenvalue weighted by Crippen LogP contribution is 2.44. The van der Waals surface area contributed by atoms with E-state index in [1.165, 1.54) is 25.7 Å². The van der Waals surface area contributed by atoms with Crippen LogP contribution in [0.2, 0.25) is 0 Å². The summed E-state index contributed by atoms with van der Waals surface area (Å²) in [6.45, 7) is 6.60. The Balaban J connectivity index is 2.96. The average Bonchev–Trinajstić information content (AvgIpc) is 2.63. The highest BCUT2D eigenvalue weighted by molar-refractivity contribution is 5.96. The summed E-state index contributed by atoms with van der Waals surface area (Å²) in [6, 6.07) is 0. The van der Waals surface area contributed by atoms with Crippen LogP contribution in [0.4, 0.5) is 0 Å². The van der Waals surface area contributed by atoms with Gasteiger partial charge in [0.1, 0.15) is 11.3 Å². The molecule has 0 fully saturated rings. The summed E-state index contributed by atoms with van der Waals surface area (Å²) in [5.74, 6) is -1.95. The standard InChI is InChI=1S/C22H36O5/c1-4-7-8-9-10-11-12-15-27-21-17(14-6-3)16(13-5-2)19(23)20(24)18(21)22(25)26/h23-24H,4-15H2,1-3H3,(H,25,26). The maximum atomic E-state index is 11.7. The van der Waals surface area contributed by atoms with Gasteiger partial charge in [0.25, 0.3) is 0 Å². The van der Waals surface area contributed by atoms with Crippen LogP contribution < -0.4 is 4.74 Å². The molecule has 0 spiro atoms. The molecule has 0 saturated carbocycles. The Kier molecular flexibility index (Phi) is 10.7. The quantitative estimate of drug-likeness (QED) is 0.279. The molecule has 5 heteroatoms. The number of phenolic OH excluding ortho intramolecular Hbond substituents is 1. The topological polar surface area (TPSA) is 87.0 Å². The van der Waals surface area contributed by atoms with Crippen molar-refractivity contribution in [3.8, 4) is 17.2 Å². The fraction of sp³-hybridized carbons (Fsp3) is 0.682. The zero-order valence-electron chi connectivity index (χ0n) is 17.1. The number of phenols is 2. The van der Waals surface area contributed by atoms with Crippen LogP contribution in [0.5, 0.6) is 17.2 Å². The lowest BCUT2D eigenvalue weighted by atomic mass is 9.93. The highest BCUT2D eigenvalue weighted by Gasteiger charge is 2.27. The Labute approximate surface area is 163 Å². The van der Waals surface area contributed by atoms with Gasteiger partial charge in [-0.1, -0.05) is 72.1 Å². The number of unbranched alkanes of at least 4 members (excludes halogenated alkanes) is 6. The first kappa shape index (κ1) is 23.1. The Morgan fingerprint density at radius 1 is 0.778 bits per heavy atom. The fourth-order valence-electron chi connectivity index (χ4n) is 3.42. The Morgan fingerprint density at radius 2 is 1.33 bits per heavy atom. The van der Waals surface area contributed by atoms with E-state index in [-0.39, 0.29) is 17.1 Å². The van der Waals surface area contributed by atoms with Crippen molar-refractivity contribution in [1.29, 1.82) is 0 Å². The molecule has 1 aromatic rings. The summed E-state index contributed by atoms with van der Waals surface area (Å²) in [5.41, 5.74) is 1.00. The molecular formula is C22H36O5. The van der Waals surface area contributed by atoms with Crippen LogP contribution in [0.25, 0.3) is 0 Å². The number of benzene rings is 1. The van der Waals surface area contributed by atoms with Crippen molar-refractivity contribution in [3.63, 3.8) is 0 Å². The van der Waals surface area contributed by atoms with Gasteiger partial charge in [-0.3, -0.25) is 0 Å². The van der Waals surface area contributed by atoms with Crippen molar-refractivity contribution in [1.82, 2.24) is 0 Å². The minimum atomic E-state index is -1.28. The summed E-state index contributed by atoms with van der Waals surface area (Å²) in [4.78, 5) is 11.7. The van der Waals surface area contributed by atoms with Crippen molar-refractivity contribution in [3.05, 3.63) is 16.7 Å². The van der Waals surface area contributed by atoms with Crippen molar-refractivity contribution >= 4 is 5.97 Å². The smallest absolute Gasteiger partial charge is 0.343 e. The van der Waals surface area contributed by atoms with E-state index in [4.69, 9.17) is 4.74 Å². The van der Waals surface area contributed by atoms with Gasteiger partial charge in [-0.15, -0.1) is 0 Å². The largest absolute Gasteiger partial charge is 0.504 e. The summed E-state index contributed by atoms with van der Waals surface area (Å²) in [6.07, 6.45) is 10.8. The van der Waals surface area contributed by atoms with Crippen LogP contribution in [-0.4, -0.2) is 27.9 Å². The molecule has 1 rings (SSSR count). The van der Waals surface area contributed by atoms with Gasteiger partial charge >= 0.3 is 5.97 Å². The summed E-state index contributed by atoms with van der Waals surface area (Å²) in [5, 5.41) is 30.2. The van der Waals surface area contributed by atoms with Crippen LogP contribution in [0.3, 0.4) is 0 Å². The van der Waals surface area contributed by atoms with Crippen LogP contribution in [0.1, 0.15) is 100 Å². The van der Waals surface area contributed by atoms with Gasteiger partial charge in [0.05, 0.1) is 6.61 Å². The van der Waals surface area contributed by atoms with E-state index in [1.807, 2.05) is 13.8 Å². The number of hydrogen-bond donors (Lipinski definition) is 3. The van der Waals surface area contributed by atoms with Crippen LogP contribution in [0.15, 0.2) is 0 Å². The van der Waals surface area contributed by atoms with Crippen molar-refractivity contribution in [2.75, 3.05) is 6.61 Å². The molecule has 0 aliphatic heterocycles. The Morgan fingerprint density at radius 3 is 1.89 bits per heavy atom. The minimum Gasteiger partial charge on any atom is -0.504 e. The zero-order valence-corrected chi connectivity index (χ0v) is 17.1. The number of carbonyl (C=O) groups is 1. The molecule has 0 amide bonds. The fourth-order valence-corrected chi connectivity index (χ4v) is 3.42. The highest BCUT2D eigenvalue weighted by atomic mass is 16.5. The molecule has 0 bridgehead atoms. The van der Waals surface area contributed by atoms with Crippen molar-refractivity contribution in [2.24, 2.45) is 0 Å². The molecule has 0 aliphatic rings. The van der Waals surface area contributed by atoms with E-state index in [9.17, 15) is 20.1 Å². The maximum absolute atomic E-state index is 11.7. The molecular weight excluding hydrogens is 344 g/mol. The molecule has 1 aromatic carbocycles. The van der Waals surface area contributed by atoms with Crippen LogP contribution >= 0.6 is 0 Å². The van der Waals surface area contributed by atoms with E-state index >= 15 is 0 Å². The van der Waals surface area contributed by atoms with Gasteiger partial charge in [-0.2, -0.15) is 0 Å². The number of hydrogen-bond acceptors (Lipinski definition) is 4. The van der Waals surface area contributed by atoms with E-state index in [0.717, 1.165) is 37.7 Å². The number of carboxylic acid groups (broad SMARTS) is 1. The lowest BCUT2D eigenvalue weighted by Gasteiger charge is -2.20. The molecule has 0 unspecified atom stereocenters. The van der Waals surface area contributed by atoms with Crippen LogP contribution in [-0.2, 0) is 12.8 Å².